The van der Waals surface area contributed by atoms with Crippen molar-refractivity contribution in [1.29, 1.82) is 0 Å². The summed E-state index contributed by atoms with van der Waals surface area (Å²) in [6.07, 6.45) is 6.76. The molecule has 3 rings (SSSR count). The standard InChI is InChI=1S/C15H26N4O/c1-12(2)19-11-16-17-15(19)13-4-3-7-18(10-13)14-5-8-20-9-6-14/h11-14H,3-10H2,1-2H3/t13-/m1/s1. The fourth-order valence-electron chi connectivity index (χ4n) is 3.54. The van der Waals surface area contributed by atoms with Crippen molar-refractivity contribution < 1.29 is 4.74 Å². The van der Waals surface area contributed by atoms with Crippen molar-refractivity contribution in [3.8, 4) is 0 Å². The molecule has 2 aliphatic heterocycles. The maximum Gasteiger partial charge on any atom is 0.137 e. The Morgan fingerprint density at radius 1 is 1.25 bits per heavy atom. The summed E-state index contributed by atoms with van der Waals surface area (Å²) in [6, 6.07) is 1.15. The van der Waals surface area contributed by atoms with Gasteiger partial charge in [0.2, 0.25) is 0 Å². The van der Waals surface area contributed by atoms with Crippen molar-refractivity contribution in [3.63, 3.8) is 0 Å². The first-order valence-electron chi connectivity index (χ1n) is 7.97. The van der Waals surface area contributed by atoms with E-state index in [-0.39, 0.29) is 0 Å². The Hall–Kier alpha value is -0.940. The first-order chi connectivity index (χ1) is 9.75. The zero-order chi connectivity index (χ0) is 13.9. The van der Waals surface area contributed by atoms with Crippen LogP contribution >= 0.6 is 0 Å². The van der Waals surface area contributed by atoms with Crippen LogP contribution in [-0.4, -0.2) is 52.0 Å². The third-order valence-electron chi connectivity index (χ3n) is 4.68. The van der Waals surface area contributed by atoms with Crippen LogP contribution in [-0.2, 0) is 4.74 Å². The summed E-state index contributed by atoms with van der Waals surface area (Å²) in [7, 11) is 0. The van der Waals surface area contributed by atoms with Crippen LogP contribution < -0.4 is 0 Å². The van der Waals surface area contributed by atoms with Gasteiger partial charge >= 0.3 is 0 Å². The molecule has 1 atom stereocenters. The average molecular weight is 278 g/mol. The molecule has 5 heteroatoms. The van der Waals surface area contributed by atoms with Crippen molar-refractivity contribution in [2.24, 2.45) is 0 Å². The van der Waals surface area contributed by atoms with Crippen LogP contribution in [0.15, 0.2) is 6.33 Å². The van der Waals surface area contributed by atoms with Gasteiger partial charge in [-0.05, 0) is 46.1 Å². The molecule has 112 valence electrons. The van der Waals surface area contributed by atoms with Gasteiger partial charge in [0.05, 0.1) is 0 Å². The molecule has 2 saturated heterocycles. The van der Waals surface area contributed by atoms with Crippen molar-refractivity contribution in [2.45, 2.75) is 57.5 Å². The first-order valence-corrected chi connectivity index (χ1v) is 7.97. The maximum absolute atomic E-state index is 5.49. The van der Waals surface area contributed by atoms with Crippen LogP contribution in [0.1, 0.15) is 57.3 Å². The maximum atomic E-state index is 5.49. The fraction of sp³-hybridized carbons (Fsp3) is 0.867. The van der Waals surface area contributed by atoms with Gasteiger partial charge in [0.15, 0.2) is 0 Å². The van der Waals surface area contributed by atoms with Crippen molar-refractivity contribution in [1.82, 2.24) is 19.7 Å². The van der Waals surface area contributed by atoms with Gasteiger partial charge in [-0.25, -0.2) is 0 Å². The molecule has 0 saturated carbocycles. The number of nitrogens with zero attached hydrogens (tertiary/aromatic N) is 4. The van der Waals surface area contributed by atoms with E-state index in [1.165, 1.54) is 38.1 Å². The molecule has 0 spiro atoms. The smallest absolute Gasteiger partial charge is 0.137 e. The Kier molecular flexibility index (Phi) is 4.36. The summed E-state index contributed by atoms with van der Waals surface area (Å²) in [5, 5.41) is 8.53. The number of ether oxygens (including phenoxy) is 1. The molecule has 2 aliphatic rings. The molecule has 1 aromatic heterocycles. The molecule has 0 bridgehead atoms. The molecule has 0 N–H and O–H groups in total. The number of likely N-dealkylation sites (tertiary alicyclic amines) is 1. The van der Waals surface area contributed by atoms with E-state index in [1.807, 2.05) is 6.33 Å². The minimum absolute atomic E-state index is 0.443. The van der Waals surface area contributed by atoms with Gasteiger partial charge in [0.25, 0.3) is 0 Å². The molecule has 2 fully saturated rings. The Bertz CT molecular complexity index is 425. The van der Waals surface area contributed by atoms with Crippen LogP contribution in [0, 0.1) is 0 Å². The van der Waals surface area contributed by atoms with Crippen LogP contribution in [0.2, 0.25) is 0 Å². The number of piperidine rings is 1. The summed E-state index contributed by atoms with van der Waals surface area (Å²) in [5.41, 5.74) is 0. The fourth-order valence-corrected chi connectivity index (χ4v) is 3.54. The van der Waals surface area contributed by atoms with Crippen molar-refractivity contribution >= 4 is 0 Å². The quantitative estimate of drug-likeness (QED) is 0.850. The molecule has 1 aromatic rings. The number of aromatic nitrogens is 3. The highest BCUT2D eigenvalue weighted by atomic mass is 16.5. The minimum atomic E-state index is 0.443. The number of hydrogen-bond donors (Lipinski definition) is 0. The van der Waals surface area contributed by atoms with Gasteiger partial charge < -0.3 is 9.30 Å². The van der Waals surface area contributed by atoms with E-state index in [1.54, 1.807) is 0 Å². The third-order valence-corrected chi connectivity index (χ3v) is 4.68. The monoisotopic (exact) mass is 278 g/mol. The average Bonchev–Trinajstić information content (AvgIpc) is 2.98. The zero-order valence-corrected chi connectivity index (χ0v) is 12.7. The van der Waals surface area contributed by atoms with E-state index < -0.39 is 0 Å². The lowest BCUT2D eigenvalue weighted by atomic mass is 9.94. The van der Waals surface area contributed by atoms with Gasteiger partial charge in [-0.3, -0.25) is 4.90 Å². The molecule has 5 nitrogen and oxygen atoms in total. The molecule has 0 amide bonds. The SMILES string of the molecule is CC(C)n1cnnc1[C@@H]1CCCN(C2CCOCC2)C1. The van der Waals surface area contributed by atoms with Gasteiger partial charge in [0, 0.05) is 37.8 Å². The molecule has 20 heavy (non-hydrogen) atoms. The van der Waals surface area contributed by atoms with Crippen LogP contribution in [0.5, 0.6) is 0 Å². The molecule has 0 aromatic carbocycles. The van der Waals surface area contributed by atoms with Crippen molar-refractivity contribution in [3.05, 3.63) is 12.2 Å². The summed E-state index contributed by atoms with van der Waals surface area (Å²) in [6.45, 7) is 8.62. The number of hydrogen-bond acceptors (Lipinski definition) is 4. The van der Waals surface area contributed by atoms with Crippen LogP contribution in [0.3, 0.4) is 0 Å². The third kappa shape index (κ3) is 2.88. The second kappa shape index (κ2) is 6.22. The highest BCUT2D eigenvalue weighted by Crippen LogP contribution is 2.29. The van der Waals surface area contributed by atoms with E-state index in [0.717, 1.165) is 19.8 Å². The van der Waals surface area contributed by atoms with Crippen molar-refractivity contribution in [2.75, 3.05) is 26.3 Å². The van der Waals surface area contributed by atoms with E-state index in [4.69, 9.17) is 4.74 Å². The molecule has 0 radical (unpaired) electrons. The highest BCUT2D eigenvalue weighted by Gasteiger charge is 2.30. The normalized spacial score (nSPS) is 26.2. The van der Waals surface area contributed by atoms with E-state index >= 15 is 0 Å². The predicted molar refractivity (Wildman–Crippen MR) is 77.8 cm³/mol. The largest absolute Gasteiger partial charge is 0.381 e. The molecule has 0 unspecified atom stereocenters. The summed E-state index contributed by atoms with van der Waals surface area (Å²) >= 11 is 0. The second-order valence-corrected chi connectivity index (χ2v) is 6.37. The van der Waals surface area contributed by atoms with E-state index in [0.29, 0.717) is 18.0 Å². The highest BCUT2D eigenvalue weighted by molar-refractivity contribution is 5.01. The Balaban J connectivity index is 1.69. The Morgan fingerprint density at radius 2 is 2.05 bits per heavy atom. The summed E-state index contributed by atoms with van der Waals surface area (Å²) < 4.78 is 7.72. The zero-order valence-electron chi connectivity index (χ0n) is 12.7. The lowest BCUT2D eigenvalue weighted by molar-refractivity contribution is 0.0232. The Morgan fingerprint density at radius 3 is 2.80 bits per heavy atom. The topological polar surface area (TPSA) is 43.2 Å². The van der Waals surface area contributed by atoms with Gasteiger partial charge in [-0.2, -0.15) is 0 Å². The summed E-state index contributed by atoms with van der Waals surface area (Å²) in [5.74, 6) is 1.72. The summed E-state index contributed by atoms with van der Waals surface area (Å²) in [4.78, 5) is 2.66. The van der Waals surface area contributed by atoms with E-state index in [2.05, 4.69) is 33.5 Å². The van der Waals surface area contributed by atoms with Crippen LogP contribution in [0.25, 0.3) is 0 Å². The molecule has 3 heterocycles. The lowest BCUT2D eigenvalue weighted by Gasteiger charge is -2.39. The number of rotatable bonds is 3. The molecular formula is C15H26N4O. The second-order valence-electron chi connectivity index (χ2n) is 6.37. The van der Waals surface area contributed by atoms with Gasteiger partial charge in [-0.15, -0.1) is 10.2 Å². The van der Waals surface area contributed by atoms with Crippen LogP contribution in [0.4, 0.5) is 0 Å². The van der Waals surface area contributed by atoms with E-state index in [9.17, 15) is 0 Å². The minimum Gasteiger partial charge on any atom is -0.381 e. The molecule has 0 aliphatic carbocycles. The first kappa shape index (κ1) is 14.0. The van der Waals surface area contributed by atoms with Gasteiger partial charge in [-0.1, -0.05) is 0 Å². The van der Waals surface area contributed by atoms with Gasteiger partial charge in [0.1, 0.15) is 12.2 Å². The molecular weight excluding hydrogens is 252 g/mol. The predicted octanol–water partition coefficient (Wildman–Crippen LogP) is 2.22. The Labute approximate surface area is 121 Å². The lowest BCUT2D eigenvalue weighted by Crippen LogP contribution is -2.45.